The SMILES string of the molecule is COc1cc2c(N3CCC(Cc4ccc(C)cc4)CC3)nncc2c(OC)c1OC.COc1cc2c(N3CCC(N(C)Cc4ccccc4)CC3)nncc2c(OC)c1OC. The summed E-state index contributed by atoms with van der Waals surface area (Å²) in [5.74, 6) is 6.06. The summed E-state index contributed by atoms with van der Waals surface area (Å²) in [6.07, 6.45) is 9.00. The van der Waals surface area contributed by atoms with E-state index in [-0.39, 0.29) is 0 Å². The number of hydrogen-bond donors (Lipinski definition) is 0. The number of benzene rings is 4. The normalized spacial score (nSPS) is 14.8. The zero-order chi connectivity index (χ0) is 42.9. The molecular weight excluding hydrogens is 771 g/mol. The van der Waals surface area contributed by atoms with Crippen molar-refractivity contribution in [1.29, 1.82) is 0 Å². The summed E-state index contributed by atoms with van der Waals surface area (Å²) in [6.45, 7) is 6.87. The van der Waals surface area contributed by atoms with Gasteiger partial charge in [-0.2, -0.15) is 10.2 Å². The van der Waals surface area contributed by atoms with Crippen LogP contribution in [0.1, 0.15) is 42.4 Å². The Morgan fingerprint density at radius 1 is 0.557 bits per heavy atom. The molecule has 2 saturated heterocycles. The average molecular weight is 830 g/mol. The first-order valence-electron chi connectivity index (χ1n) is 21.0. The zero-order valence-electron chi connectivity index (χ0n) is 36.8. The maximum atomic E-state index is 5.64. The molecule has 0 aliphatic carbocycles. The highest BCUT2D eigenvalue weighted by Gasteiger charge is 2.28. The van der Waals surface area contributed by atoms with Crippen molar-refractivity contribution >= 4 is 33.2 Å². The van der Waals surface area contributed by atoms with Crippen molar-refractivity contribution in [3.63, 3.8) is 0 Å². The number of hydrogen-bond acceptors (Lipinski definition) is 13. The first kappa shape index (κ1) is 43.0. The number of fused-ring (bicyclic) bond motifs is 2. The van der Waals surface area contributed by atoms with E-state index in [2.05, 4.69) is 104 Å². The molecule has 13 heteroatoms. The smallest absolute Gasteiger partial charge is 0.204 e. The Labute approximate surface area is 359 Å². The number of piperidine rings is 2. The number of aryl methyl sites for hydroxylation is 1. The highest BCUT2D eigenvalue weighted by molar-refractivity contribution is 6.00. The van der Waals surface area contributed by atoms with E-state index >= 15 is 0 Å². The highest BCUT2D eigenvalue weighted by atomic mass is 16.5. The molecule has 2 fully saturated rings. The lowest BCUT2D eigenvalue weighted by molar-refractivity contribution is 0.200. The number of anilines is 2. The van der Waals surface area contributed by atoms with E-state index in [1.807, 2.05) is 12.1 Å². The van der Waals surface area contributed by atoms with E-state index in [1.165, 1.54) is 16.7 Å². The maximum Gasteiger partial charge on any atom is 0.204 e. The molecule has 0 amide bonds. The average Bonchev–Trinajstić information content (AvgIpc) is 3.31. The van der Waals surface area contributed by atoms with Gasteiger partial charge in [0.1, 0.15) is 0 Å². The van der Waals surface area contributed by atoms with Gasteiger partial charge in [0, 0.05) is 49.5 Å². The molecule has 0 radical (unpaired) electrons. The summed E-state index contributed by atoms with van der Waals surface area (Å²) in [4.78, 5) is 7.10. The van der Waals surface area contributed by atoms with Gasteiger partial charge >= 0.3 is 0 Å². The lowest BCUT2D eigenvalue weighted by Gasteiger charge is -2.37. The van der Waals surface area contributed by atoms with Gasteiger partial charge in [-0.1, -0.05) is 60.2 Å². The third-order valence-electron chi connectivity index (χ3n) is 12.1. The fraction of sp³-hybridized carbons (Fsp3) is 0.417. The molecule has 8 rings (SSSR count). The summed E-state index contributed by atoms with van der Waals surface area (Å²) in [6, 6.07) is 24.0. The fourth-order valence-electron chi connectivity index (χ4n) is 8.77. The second kappa shape index (κ2) is 20.0. The van der Waals surface area contributed by atoms with Crippen molar-refractivity contribution in [1.82, 2.24) is 25.3 Å². The lowest BCUT2D eigenvalue weighted by Crippen LogP contribution is -2.43. The van der Waals surface area contributed by atoms with Gasteiger partial charge in [-0.25, -0.2) is 0 Å². The van der Waals surface area contributed by atoms with Gasteiger partial charge < -0.3 is 38.2 Å². The van der Waals surface area contributed by atoms with E-state index in [0.717, 1.165) is 98.0 Å². The van der Waals surface area contributed by atoms with Gasteiger partial charge in [0.2, 0.25) is 11.5 Å². The second-order valence-electron chi connectivity index (χ2n) is 15.8. The van der Waals surface area contributed by atoms with Crippen molar-refractivity contribution in [3.05, 3.63) is 95.8 Å². The number of methoxy groups -OCH3 is 6. The molecule has 2 aliphatic heterocycles. The van der Waals surface area contributed by atoms with Gasteiger partial charge in [-0.3, -0.25) is 4.90 Å². The summed E-state index contributed by atoms with van der Waals surface area (Å²) >= 11 is 0. The van der Waals surface area contributed by atoms with Crippen LogP contribution in [0, 0.1) is 12.8 Å². The predicted molar refractivity (Wildman–Crippen MR) is 241 cm³/mol. The van der Waals surface area contributed by atoms with Crippen LogP contribution in [0.25, 0.3) is 21.5 Å². The molecule has 4 aromatic carbocycles. The molecule has 0 unspecified atom stereocenters. The molecule has 0 N–H and O–H groups in total. The topological polar surface area (TPSA) is 117 Å². The standard InChI is InChI=1S/C24H30N4O3.C24H29N3O3/c1-27(16-17-8-6-5-7-9-17)18-10-12-28(13-11-18)24-19-14-21(29-2)23(31-4)22(30-3)20(19)15-25-26-24;1-16-5-7-17(8-6-16)13-18-9-11-27(12-10-18)24-19-14-21(28-2)23(30-4)22(29-3)20(19)15-25-26-24/h5-9,14-15,18H,10-13,16H2,1-4H3;5-8,14-15,18H,9-13H2,1-4H3. The molecule has 0 saturated carbocycles. The Hall–Kier alpha value is -6.08. The zero-order valence-corrected chi connectivity index (χ0v) is 36.8. The molecule has 6 aromatic rings. The molecule has 61 heavy (non-hydrogen) atoms. The number of ether oxygens (including phenoxy) is 6. The van der Waals surface area contributed by atoms with Crippen LogP contribution >= 0.6 is 0 Å². The summed E-state index contributed by atoms with van der Waals surface area (Å²) in [7, 11) is 12.0. The largest absolute Gasteiger partial charge is 0.493 e. The summed E-state index contributed by atoms with van der Waals surface area (Å²) in [5, 5.41) is 21.2. The van der Waals surface area contributed by atoms with Crippen LogP contribution in [0.3, 0.4) is 0 Å². The van der Waals surface area contributed by atoms with Crippen molar-refractivity contribution < 1.29 is 28.4 Å². The molecule has 13 nitrogen and oxygen atoms in total. The van der Waals surface area contributed by atoms with Crippen LogP contribution in [-0.2, 0) is 13.0 Å². The summed E-state index contributed by atoms with van der Waals surface area (Å²) < 4.78 is 33.4. The first-order chi connectivity index (χ1) is 29.8. The highest BCUT2D eigenvalue weighted by Crippen LogP contribution is 2.46. The minimum atomic E-state index is 0.545. The van der Waals surface area contributed by atoms with Crippen molar-refractivity contribution in [3.8, 4) is 34.5 Å². The minimum absolute atomic E-state index is 0.545. The number of rotatable bonds is 13. The third kappa shape index (κ3) is 9.47. The van der Waals surface area contributed by atoms with E-state index in [4.69, 9.17) is 28.4 Å². The number of nitrogens with zero attached hydrogens (tertiary/aromatic N) is 7. The Morgan fingerprint density at radius 2 is 1.03 bits per heavy atom. The first-order valence-corrected chi connectivity index (χ1v) is 21.0. The van der Waals surface area contributed by atoms with Gasteiger partial charge in [0.25, 0.3) is 0 Å². The second-order valence-corrected chi connectivity index (χ2v) is 15.8. The molecule has 2 aromatic heterocycles. The maximum absolute atomic E-state index is 5.64. The molecule has 322 valence electrons. The van der Waals surface area contributed by atoms with Crippen LogP contribution in [0.4, 0.5) is 11.6 Å². The van der Waals surface area contributed by atoms with Crippen molar-refractivity contribution in [2.24, 2.45) is 5.92 Å². The van der Waals surface area contributed by atoms with Gasteiger partial charge in [0.05, 0.1) is 65.8 Å². The van der Waals surface area contributed by atoms with E-state index in [1.54, 1.807) is 55.1 Å². The molecule has 0 spiro atoms. The number of aromatic nitrogens is 4. The fourth-order valence-corrected chi connectivity index (χ4v) is 8.77. The van der Waals surface area contributed by atoms with Crippen molar-refractivity contribution in [2.45, 2.75) is 51.6 Å². The molecule has 0 atom stereocenters. The Bertz CT molecular complexity index is 2370. The van der Waals surface area contributed by atoms with Crippen LogP contribution in [-0.4, -0.2) is 107 Å². The Morgan fingerprint density at radius 3 is 1.49 bits per heavy atom. The van der Waals surface area contributed by atoms with Crippen LogP contribution in [0.15, 0.2) is 79.1 Å². The summed E-state index contributed by atoms with van der Waals surface area (Å²) in [5.41, 5.74) is 4.08. The van der Waals surface area contributed by atoms with E-state index in [9.17, 15) is 0 Å². The van der Waals surface area contributed by atoms with E-state index < -0.39 is 0 Å². The quantitative estimate of drug-likeness (QED) is 0.112. The van der Waals surface area contributed by atoms with Crippen LogP contribution in [0.5, 0.6) is 34.5 Å². The predicted octanol–water partition coefficient (Wildman–Crippen LogP) is 8.18. The molecular formula is C48H59N7O6. The minimum Gasteiger partial charge on any atom is -0.493 e. The molecule has 0 bridgehead atoms. The van der Waals surface area contributed by atoms with Gasteiger partial charge in [-0.15, -0.1) is 10.2 Å². The van der Waals surface area contributed by atoms with Crippen LogP contribution in [0.2, 0.25) is 0 Å². The monoisotopic (exact) mass is 829 g/mol. The van der Waals surface area contributed by atoms with E-state index in [0.29, 0.717) is 46.5 Å². The Kier molecular flexibility index (Phi) is 14.1. The molecule has 2 aliphatic rings. The lowest BCUT2D eigenvalue weighted by atomic mass is 9.90. The van der Waals surface area contributed by atoms with Gasteiger partial charge in [-0.05, 0) is 75.3 Å². The van der Waals surface area contributed by atoms with Gasteiger partial charge in [0.15, 0.2) is 34.6 Å². The Balaban J connectivity index is 0.000000184. The van der Waals surface area contributed by atoms with Crippen LogP contribution < -0.4 is 38.2 Å². The third-order valence-corrected chi connectivity index (χ3v) is 12.1. The van der Waals surface area contributed by atoms with Crippen molar-refractivity contribution in [2.75, 3.05) is 85.7 Å². The molecule has 4 heterocycles.